The molecule has 1 saturated heterocycles. The zero-order valence-corrected chi connectivity index (χ0v) is 12.9. The van der Waals surface area contributed by atoms with Crippen molar-refractivity contribution in [3.05, 3.63) is 12.2 Å². The lowest BCUT2D eigenvalue weighted by Gasteiger charge is -2.45. The molecule has 1 aliphatic carbocycles. The van der Waals surface area contributed by atoms with Gasteiger partial charge in [-0.1, -0.05) is 25.5 Å². The molecule has 120 valence electrons. The van der Waals surface area contributed by atoms with E-state index in [0.717, 1.165) is 25.7 Å². The molecular formula is C16H27NO4. The van der Waals surface area contributed by atoms with Crippen molar-refractivity contribution in [2.45, 2.75) is 63.2 Å². The van der Waals surface area contributed by atoms with E-state index in [0.29, 0.717) is 6.42 Å². The number of aliphatic hydroxyl groups is 3. The summed E-state index contributed by atoms with van der Waals surface area (Å²) in [4.78, 5) is 12.2. The van der Waals surface area contributed by atoms with E-state index in [9.17, 15) is 20.1 Å². The van der Waals surface area contributed by atoms with E-state index < -0.39 is 29.8 Å². The molecule has 0 saturated carbocycles. The fourth-order valence-corrected chi connectivity index (χ4v) is 3.83. The Labute approximate surface area is 126 Å². The predicted molar refractivity (Wildman–Crippen MR) is 79.5 cm³/mol. The quantitative estimate of drug-likeness (QED) is 0.563. The number of amides is 1. The number of hydrogen-bond donors (Lipinski definition) is 4. The first kappa shape index (κ1) is 16.5. The number of hydrogen-bond acceptors (Lipinski definition) is 4. The van der Waals surface area contributed by atoms with E-state index in [1.165, 1.54) is 0 Å². The van der Waals surface area contributed by atoms with Gasteiger partial charge in [-0.2, -0.15) is 0 Å². The van der Waals surface area contributed by atoms with Gasteiger partial charge in [0.25, 0.3) is 0 Å². The normalized spacial score (nSPS) is 41.1. The fraction of sp³-hybridized carbons (Fsp3) is 0.812. The van der Waals surface area contributed by atoms with Crippen LogP contribution in [0.4, 0.5) is 0 Å². The summed E-state index contributed by atoms with van der Waals surface area (Å²) in [6.45, 7) is 3.03. The number of aliphatic hydroxyl groups excluding tert-OH is 2. The molecule has 0 aromatic rings. The van der Waals surface area contributed by atoms with Crippen molar-refractivity contribution >= 4 is 5.91 Å². The molecule has 0 spiro atoms. The highest BCUT2D eigenvalue weighted by molar-refractivity contribution is 5.84. The summed E-state index contributed by atoms with van der Waals surface area (Å²) in [7, 11) is 0. The molecule has 0 radical (unpaired) electrons. The second kappa shape index (κ2) is 6.07. The zero-order chi connectivity index (χ0) is 15.7. The monoisotopic (exact) mass is 297 g/mol. The molecule has 1 heterocycles. The lowest BCUT2D eigenvalue weighted by atomic mass is 9.68. The number of carbonyl (C=O) groups is 1. The van der Waals surface area contributed by atoms with E-state index in [1.54, 1.807) is 6.92 Å². The number of nitrogens with one attached hydrogen (secondary N) is 1. The first-order valence-electron chi connectivity index (χ1n) is 7.90. The van der Waals surface area contributed by atoms with Crippen molar-refractivity contribution in [3.63, 3.8) is 0 Å². The van der Waals surface area contributed by atoms with Crippen LogP contribution in [0.3, 0.4) is 0 Å². The molecule has 5 nitrogen and oxygen atoms in total. The number of carbonyl (C=O) groups excluding carboxylic acids is 1. The van der Waals surface area contributed by atoms with E-state index in [-0.39, 0.29) is 11.8 Å². The summed E-state index contributed by atoms with van der Waals surface area (Å²) in [5, 5.41) is 34.3. The minimum Gasteiger partial charge on any atom is -0.394 e. The largest absolute Gasteiger partial charge is 0.394 e. The average Bonchev–Trinajstić information content (AvgIpc) is 2.68. The van der Waals surface area contributed by atoms with Crippen molar-refractivity contribution in [1.82, 2.24) is 5.32 Å². The Bertz CT molecular complexity index is 421. The Morgan fingerprint density at radius 1 is 1.52 bits per heavy atom. The average molecular weight is 297 g/mol. The molecule has 1 aliphatic heterocycles. The van der Waals surface area contributed by atoms with Crippen LogP contribution in [0.15, 0.2) is 12.2 Å². The summed E-state index contributed by atoms with van der Waals surface area (Å²) >= 11 is 0. The van der Waals surface area contributed by atoms with E-state index >= 15 is 0 Å². The smallest absolute Gasteiger partial charge is 0.226 e. The van der Waals surface area contributed by atoms with Crippen LogP contribution < -0.4 is 5.32 Å². The standard InChI is InChI=1S/C16H27NO4/c1-3-7-12-14(20)17-16(10-18,15(12,2)21)13(19)11-8-5-4-6-9-11/h5,8,11-13,18-19,21H,3-4,6-7,9-10H2,1-2H3,(H,17,20)/t11-,12+,13+,15+,16-/m1/s1. The van der Waals surface area contributed by atoms with Crippen LogP contribution in [0.5, 0.6) is 0 Å². The van der Waals surface area contributed by atoms with E-state index in [2.05, 4.69) is 5.32 Å². The second-order valence-corrected chi connectivity index (χ2v) is 6.58. The highest BCUT2D eigenvalue weighted by Crippen LogP contribution is 2.43. The van der Waals surface area contributed by atoms with Crippen LogP contribution >= 0.6 is 0 Å². The van der Waals surface area contributed by atoms with Gasteiger partial charge in [0.1, 0.15) is 11.1 Å². The van der Waals surface area contributed by atoms with Gasteiger partial charge in [0, 0.05) is 5.92 Å². The van der Waals surface area contributed by atoms with Crippen LogP contribution in [-0.4, -0.2) is 45.1 Å². The lowest BCUT2D eigenvalue weighted by molar-refractivity contribution is -0.127. The molecule has 0 bridgehead atoms. The maximum atomic E-state index is 12.2. The molecule has 5 heteroatoms. The Balaban J connectivity index is 2.33. The van der Waals surface area contributed by atoms with Crippen LogP contribution in [0.25, 0.3) is 0 Å². The molecule has 0 aromatic heterocycles. The van der Waals surface area contributed by atoms with Gasteiger partial charge < -0.3 is 20.6 Å². The molecule has 4 N–H and O–H groups in total. The minimum absolute atomic E-state index is 0.155. The Morgan fingerprint density at radius 2 is 2.24 bits per heavy atom. The highest BCUT2D eigenvalue weighted by Gasteiger charge is 2.64. The summed E-state index contributed by atoms with van der Waals surface area (Å²) in [6, 6.07) is 0. The van der Waals surface area contributed by atoms with Crippen molar-refractivity contribution in [1.29, 1.82) is 0 Å². The summed E-state index contributed by atoms with van der Waals surface area (Å²) < 4.78 is 0. The van der Waals surface area contributed by atoms with Gasteiger partial charge in [-0.05, 0) is 32.6 Å². The van der Waals surface area contributed by atoms with Gasteiger partial charge in [-0.15, -0.1) is 0 Å². The Morgan fingerprint density at radius 3 is 2.76 bits per heavy atom. The lowest BCUT2D eigenvalue weighted by Crippen LogP contribution is -2.68. The molecule has 0 unspecified atom stereocenters. The van der Waals surface area contributed by atoms with Crippen molar-refractivity contribution < 1.29 is 20.1 Å². The molecule has 2 rings (SSSR count). The first-order chi connectivity index (χ1) is 9.90. The SMILES string of the molecule is CCC[C@H]1C(=O)N[C@](CO)([C@@H](O)[C@@H]2C=CCCC2)[C@@]1(C)O. The van der Waals surface area contributed by atoms with Gasteiger partial charge >= 0.3 is 0 Å². The third-order valence-electron chi connectivity index (χ3n) is 5.27. The second-order valence-electron chi connectivity index (χ2n) is 6.58. The highest BCUT2D eigenvalue weighted by atomic mass is 16.3. The van der Waals surface area contributed by atoms with E-state index in [4.69, 9.17) is 0 Å². The maximum absolute atomic E-state index is 12.2. The van der Waals surface area contributed by atoms with Crippen molar-refractivity contribution in [3.8, 4) is 0 Å². The maximum Gasteiger partial charge on any atom is 0.226 e. The first-order valence-corrected chi connectivity index (χ1v) is 7.90. The van der Waals surface area contributed by atoms with Crippen LogP contribution in [-0.2, 0) is 4.79 Å². The number of allylic oxidation sites excluding steroid dienone is 1. The molecule has 1 amide bonds. The Kier molecular flexibility index (Phi) is 4.76. The molecule has 5 atom stereocenters. The fourth-order valence-electron chi connectivity index (χ4n) is 3.83. The van der Waals surface area contributed by atoms with E-state index in [1.807, 2.05) is 19.1 Å². The Hall–Kier alpha value is -0.910. The van der Waals surface area contributed by atoms with Crippen LogP contribution in [0, 0.1) is 11.8 Å². The van der Waals surface area contributed by atoms with Crippen LogP contribution in [0.1, 0.15) is 46.0 Å². The molecule has 0 aromatic carbocycles. The zero-order valence-electron chi connectivity index (χ0n) is 12.9. The predicted octanol–water partition coefficient (Wildman–Crippen LogP) is 0.732. The van der Waals surface area contributed by atoms with Gasteiger partial charge in [0.15, 0.2) is 0 Å². The third-order valence-corrected chi connectivity index (χ3v) is 5.27. The molecular weight excluding hydrogens is 270 g/mol. The van der Waals surface area contributed by atoms with Crippen molar-refractivity contribution in [2.75, 3.05) is 6.61 Å². The van der Waals surface area contributed by atoms with Gasteiger partial charge in [-0.3, -0.25) is 4.79 Å². The summed E-state index contributed by atoms with van der Waals surface area (Å²) in [5.41, 5.74) is -2.87. The van der Waals surface area contributed by atoms with Gasteiger partial charge in [-0.25, -0.2) is 0 Å². The minimum atomic E-state index is -1.47. The molecule has 1 fully saturated rings. The van der Waals surface area contributed by atoms with Gasteiger partial charge in [0.05, 0.1) is 18.6 Å². The molecule has 21 heavy (non-hydrogen) atoms. The topological polar surface area (TPSA) is 89.8 Å². The summed E-state index contributed by atoms with van der Waals surface area (Å²) in [5.74, 6) is -1.04. The van der Waals surface area contributed by atoms with Gasteiger partial charge in [0.2, 0.25) is 5.91 Å². The third kappa shape index (κ3) is 2.51. The number of rotatable bonds is 5. The molecule has 2 aliphatic rings. The van der Waals surface area contributed by atoms with Crippen molar-refractivity contribution in [2.24, 2.45) is 11.8 Å². The summed E-state index contributed by atoms with van der Waals surface area (Å²) in [6.07, 6.45) is 6.98. The van der Waals surface area contributed by atoms with Crippen LogP contribution in [0.2, 0.25) is 0 Å².